The number of carbonyl (C=O) groups excluding carboxylic acids is 3. The summed E-state index contributed by atoms with van der Waals surface area (Å²) in [6.07, 6.45) is 5.11. The van der Waals surface area contributed by atoms with Gasteiger partial charge in [-0.3, -0.25) is 14.5 Å². The maximum absolute atomic E-state index is 13.5. The van der Waals surface area contributed by atoms with Gasteiger partial charge in [0.1, 0.15) is 12.1 Å². The number of urea groups is 1. The lowest BCUT2D eigenvalue weighted by Crippen LogP contribution is -2.46. The number of nitrogens with one attached hydrogen (secondary N) is 1. The molecule has 0 bridgehead atoms. The molecule has 1 aliphatic carbocycles. The molecule has 2 atom stereocenters. The highest BCUT2D eigenvalue weighted by Gasteiger charge is 2.52. The molecule has 1 heterocycles. The van der Waals surface area contributed by atoms with E-state index < -0.39 is 11.6 Å². The molecular formula is C26H31N3O3. The predicted octanol–water partition coefficient (Wildman–Crippen LogP) is 4.16. The molecule has 2 aromatic rings. The van der Waals surface area contributed by atoms with Crippen molar-refractivity contribution >= 4 is 17.8 Å². The van der Waals surface area contributed by atoms with Crippen molar-refractivity contribution in [1.29, 1.82) is 0 Å². The molecule has 1 aliphatic heterocycles. The van der Waals surface area contributed by atoms with Gasteiger partial charge in [-0.1, -0.05) is 74.4 Å². The van der Waals surface area contributed by atoms with E-state index in [1.54, 1.807) is 11.9 Å². The van der Waals surface area contributed by atoms with Crippen LogP contribution in [0.2, 0.25) is 0 Å². The first kappa shape index (κ1) is 22.1. The number of likely N-dealkylation sites (N-methyl/N-ethyl adjacent to an activating group) is 1. The lowest BCUT2D eigenvalue weighted by Gasteiger charge is -2.34. The Balaban J connectivity index is 1.55. The fourth-order valence-corrected chi connectivity index (χ4v) is 4.99. The fourth-order valence-electron chi connectivity index (χ4n) is 4.99. The van der Waals surface area contributed by atoms with Gasteiger partial charge in [-0.05, 0) is 42.4 Å². The van der Waals surface area contributed by atoms with Crippen LogP contribution in [-0.4, -0.2) is 41.2 Å². The van der Waals surface area contributed by atoms with E-state index in [0.717, 1.165) is 48.1 Å². The van der Waals surface area contributed by atoms with Gasteiger partial charge in [0.15, 0.2) is 0 Å². The zero-order chi connectivity index (χ0) is 22.7. The van der Waals surface area contributed by atoms with Gasteiger partial charge in [0, 0.05) is 7.05 Å². The van der Waals surface area contributed by atoms with Crippen LogP contribution in [0.25, 0.3) is 0 Å². The van der Waals surface area contributed by atoms with Gasteiger partial charge >= 0.3 is 6.03 Å². The lowest BCUT2D eigenvalue weighted by molar-refractivity contribution is -0.140. The molecule has 1 N–H and O–H groups in total. The molecule has 2 aromatic carbocycles. The standard InChI is InChI=1S/C26H31N3O3/c1-3-4-17-26(20-13-6-5-7-14-20)24(31)29(25(32)27-26)18-23(30)28(2)22-16-10-12-19-11-8-9-15-21(19)22/h5-9,11,13-15,22H,3-4,10,12,16-18H2,1-2H3,(H,27,32). The minimum absolute atomic E-state index is 0.0350. The van der Waals surface area contributed by atoms with Crippen LogP contribution in [-0.2, 0) is 21.5 Å². The summed E-state index contributed by atoms with van der Waals surface area (Å²) >= 11 is 0. The van der Waals surface area contributed by atoms with Crippen molar-refractivity contribution in [3.63, 3.8) is 0 Å². The second kappa shape index (κ2) is 9.15. The number of nitrogens with zero attached hydrogens (tertiary/aromatic N) is 2. The summed E-state index contributed by atoms with van der Waals surface area (Å²) in [4.78, 5) is 42.4. The van der Waals surface area contributed by atoms with E-state index in [0.29, 0.717) is 6.42 Å². The van der Waals surface area contributed by atoms with E-state index in [-0.39, 0.29) is 24.4 Å². The zero-order valence-electron chi connectivity index (χ0n) is 18.8. The third-order valence-corrected chi connectivity index (χ3v) is 6.84. The number of carbonyl (C=O) groups is 3. The second-order valence-electron chi connectivity index (χ2n) is 8.81. The molecule has 0 saturated carbocycles. The molecule has 32 heavy (non-hydrogen) atoms. The van der Waals surface area contributed by atoms with Gasteiger partial charge < -0.3 is 10.2 Å². The third kappa shape index (κ3) is 3.90. The number of benzene rings is 2. The predicted molar refractivity (Wildman–Crippen MR) is 123 cm³/mol. The molecule has 168 valence electrons. The summed E-state index contributed by atoms with van der Waals surface area (Å²) < 4.78 is 0. The van der Waals surface area contributed by atoms with Crippen molar-refractivity contribution in [3.05, 3.63) is 71.3 Å². The summed E-state index contributed by atoms with van der Waals surface area (Å²) in [5.74, 6) is -0.567. The zero-order valence-corrected chi connectivity index (χ0v) is 18.8. The Labute approximate surface area is 189 Å². The number of hydrogen-bond donors (Lipinski definition) is 1. The molecule has 2 aliphatic rings. The largest absolute Gasteiger partial charge is 0.337 e. The van der Waals surface area contributed by atoms with E-state index in [1.807, 2.05) is 42.5 Å². The van der Waals surface area contributed by atoms with Crippen molar-refractivity contribution in [2.45, 2.75) is 57.0 Å². The van der Waals surface area contributed by atoms with Crippen LogP contribution in [0.1, 0.15) is 61.8 Å². The molecule has 0 aromatic heterocycles. The number of imide groups is 1. The Morgan fingerprint density at radius 1 is 1.12 bits per heavy atom. The van der Waals surface area contributed by atoms with E-state index in [1.165, 1.54) is 5.56 Å². The SMILES string of the molecule is CCCCC1(c2ccccc2)NC(=O)N(CC(=O)N(C)C2CCCc3ccccc32)C1=O. The molecule has 1 saturated heterocycles. The van der Waals surface area contributed by atoms with E-state index in [2.05, 4.69) is 24.4 Å². The number of hydrogen-bond acceptors (Lipinski definition) is 3. The number of aryl methyl sites for hydroxylation is 1. The smallest absolute Gasteiger partial charge is 0.325 e. The van der Waals surface area contributed by atoms with Gasteiger partial charge in [-0.2, -0.15) is 0 Å². The van der Waals surface area contributed by atoms with Gasteiger partial charge in [-0.15, -0.1) is 0 Å². The number of amides is 4. The molecular weight excluding hydrogens is 402 g/mol. The number of rotatable bonds is 7. The first-order valence-corrected chi connectivity index (χ1v) is 11.5. The van der Waals surface area contributed by atoms with Crippen molar-refractivity contribution < 1.29 is 14.4 Å². The summed E-state index contributed by atoms with van der Waals surface area (Å²) in [7, 11) is 1.77. The molecule has 4 amide bonds. The molecule has 0 radical (unpaired) electrons. The topological polar surface area (TPSA) is 69.7 Å². The van der Waals surface area contributed by atoms with E-state index in [9.17, 15) is 14.4 Å². The Bertz CT molecular complexity index is 1010. The van der Waals surface area contributed by atoms with Crippen molar-refractivity contribution in [3.8, 4) is 0 Å². The van der Waals surface area contributed by atoms with Gasteiger partial charge in [0.05, 0.1) is 6.04 Å². The van der Waals surface area contributed by atoms with Crippen molar-refractivity contribution in [1.82, 2.24) is 15.1 Å². The highest BCUT2D eigenvalue weighted by atomic mass is 16.2. The molecule has 6 heteroatoms. The normalized spacial score (nSPS) is 22.4. The summed E-state index contributed by atoms with van der Waals surface area (Å²) in [5.41, 5.74) is 2.08. The first-order chi connectivity index (χ1) is 15.5. The quantitative estimate of drug-likeness (QED) is 0.667. The van der Waals surface area contributed by atoms with E-state index >= 15 is 0 Å². The minimum Gasteiger partial charge on any atom is -0.337 e. The number of unbranched alkanes of at least 4 members (excludes halogenated alkanes) is 1. The Morgan fingerprint density at radius 2 is 1.84 bits per heavy atom. The highest BCUT2D eigenvalue weighted by Crippen LogP contribution is 2.36. The Hall–Kier alpha value is -3.15. The third-order valence-electron chi connectivity index (χ3n) is 6.84. The van der Waals surface area contributed by atoms with Crippen LogP contribution in [0.5, 0.6) is 0 Å². The second-order valence-corrected chi connectivity index (χ2v) is 8.81. The van der Waals surface area contributed by atoms with Crippen molar-refractivity contribution in [2.75, 3.05) is 13.6 Å². The number of fused-ring (bicyclic) bond motifs is 1. The maximum atomic E-state index is 13.5. The average Bonchev–Trinajstić information content (AvgIpc) is 3.07. The van der Waals surface area contributed by atoms with Crippen LogP contribution in [0.3, 0.4) is 0 Å². The lowest BCUT2D eigenvalue weighted by atomic mass is 9.85. The summed E-state index contributed by atoms with van der Waals surface area (Å²) in [6.45, 7) is 1.80. The highest BCUT2D eigenvalue weighted by molar-refractivity contribution is 6.09. The van der Waals surface area contributed by atoms with Crippen molar-refractivity contribution in [2.24, 2.45) is 0 Å². The molecule has 4 rings (SSSR count). The van der Waals surface area contributed by atoms with E-state index in [4.69, 9.17) is 0 Å². The first-order valence-electron chi connectivity index (χ1n) is 11.5. The minimum atomic E-state index is -1.11. The maximum Gasteiger partial charge on any atom is 0.325 e. The fraction of sp³-hybridized carbons (Fsp3) is 0.423. The molecule has 2 unspecified atom stereocenters. The van der Waals surface area contributed by atoms with Crippen LogP contribution < -0.4 is 5.32 Å². The van der Waals surface area contributed by atoms with Crippen LogP contribution in [0.15, 0.2) is 54.6 Å². The molecule has 0 spiro atoms. The monoisotopic (exact) mass is 433 g/mol. The van der Waals surface area contributed by atoms with Gasteiger partial charge in [0.2, 0.25) is 5.91 Å². The Kier molecular flexibility index (Phi) is 6.31. The summed E-state index contributed by atoms with van der Waals surface area (Å²) in [5, 5.41) is 2.92. The molecule has 1 fully saturated rings. The molecule has 6 nitrogen and oxygen atoms in total. The van der Waals surface area contributed by atoms with Crippen LogP contribution in [0, 0.1) is 0 Å². The van der Waals surface area contributed by atoms with Gasteiger partial charge in [0.25, 0.3) is 5.91 Å². The van der Waals surface area contributed by atoms with Crippen LogP contribution >= 0.6 is 0 Å². The summed E-state index contributed by atoms with van der Waals surface area (Å²) in [6, 6.07) is 17.0. The average molecular weight is 434 g/mol. The van der Waals surface area contributed by atoms with Gasteiger partial charge in [-0.25, -0.2) is 4.79 Å². The van der Waals surface area contributed by atoms with Crippen LogP contribution in [0.4, 0.5) is 4.79 Å². The Morgan fingerprint density at radius 3 is 2.59 bits per heavy atom.